The van der Waals surface area contributed by atoms with Crippen molar-refractivity contribution in [2.75, 3.05) is 31.6 Å². The van der Waals surface area contributed by atoms with Gasteiger partial charge in [0, 0.05) is 13.1 Å². The van der Waals surface area contributed by atoms with E-state index >= 15 is 0 Å². The predicted octanol–water partition coefficient (Wildman–Crippen LogP) is 1.07. The maximum atomic E-state index is 4.60. The second-order valence-electron chi connectivity index (χ2n) is 5.18. The lowest BCUT2D eigenvalue weighted by atomic mass is 9.98. The van der Waals surface area contributed by atoms with Gasteiger partial charge in [-0.3, -0.25) is 5.10 Å². The molecule has 1 unspecified atom stereocenters. The van der Waals surface area contributed by atoms with Crippen molar-refractivity contribution >= 4 is 17.5 Å². The van der Waals surface area contributed by atoms with Crippen molar-refractivity contribution in [2.45, 2.75) is 19.8 Å². The number of hydrogen-bond donors (Lipinski definition) is 2. The van der Waals surface area contributed by atoms with Crippen molar-refractivity contribution in [1.29, 1.82) is 0 Å². The molecular formula is C12H19N7S. The Morgan fingerprint density at radius 3 is 3.15 bits per heavy atom. The summed E-state index contributed by atoms with van der Waals surface area (Å²) in [5.41, 5.74) is 0.893. The Balaban J connectivity index is 1.75. The van der Waals surface area contributed by atoms with Crippen LogP contribution in [0.5, 0.6) is 0 Å². The van der Waals surface area contributed by atoms with Gasteiger partial charge in [-0.05, 0) is 50.8 Å². The lowest BCUT2D eigenvalue weighted by Crippen LogP contribution is -2.39. The first-order valence-electron chi connectivity index (χ1n) is 6.89. The lowest BCUT2D eigenvalue weighted by Gasteiger charge is -2.31. The largest absolute Gasteiger partial charge is 0.339 e. The third kappa shape index (κ3) is 2.66. The smallest absolute Gasteiger partial charge is 0.245 e. The van der Waals surface area contributed by atoms with Gasteiger partial charge in [0.15, 0.2) is 5.82 Å². The number of H-pyrrole nitrogens is 1. The zero-order valence-electron chi connectivity index (χ0n) is 11.8. The summed E-state index contributed by atoms with van der Waals surface area (Å²) >= 11 is 1.35. The number of rotatable bonds is 4. The van der Waals surface area contributed by atoms with Gasteiger partial charge in [-0.15, -0.1) is 10.2 Å². The van der Waals surface area contributed by atoms with Gasteiger partial charge in [-0.25, -0.2) is 0 Å². The summed E-state index contributed by atoms with van der Waals surface area (Å²) in [6, 6.07) is 0. The van der Waals surface area contributed by atoms with Crippen LogP contribution in [0.2, 0.25) is 0 Å². The normalized spacial score (nSPS) is 19.5. The van der Waals surface area contributed by atoms with E-state index in [0.717, 1.165) is 42.0 Å². The van der Waals surface area contributed by atoms with Gasteiger partial charge in [-0.2, -0.15) is 4.98 Å². The third-order valence-corrected chi connectivity index (χ3v) is 4.47. The van der Waals surface area contributed by atoms with E-state index in [2.05, 4.69) is 35.0 Å². The monoisotopic (exact) mass is 293 g/mol. The minimum atomic E-state index is 0.669. The van der Waals surface area contributed by atoms with Gasteiger partial charge >= 0.3 is 0 Å². The molecule has 0 radical (unpaired) electrons. The van der Waals surface area contributed by atoms with Crippen LogP contribution in [0.4, 0.5) is 5.95 Å². The van der Waals surface area contributed by atoms with Crippen LogP contribution >= 0.6 is 11.5 Å². The molecule has 0 saturated carbocycles. The van der Waals surface area contributed by atoms with Crippen molar-refractivity contribution in [2.24, 2.45) is 5.92 Å². The van der Waals surface area contributed by atoms with Crippen molar-refractivity contribution < 1.29 is 0 Å². The Labute approximate surface area is 122 Å². The second-order valence-corrected chi connectivity index (χ2v) is 5.94. The summed E-state index contributed by atoms with van der Waals surface area (Å²) in [5.74, 6) is 2.22. The number of piperidine rings is 1. The van der Waals surface area contributed by atoms with Crippen LogP contribution in [-0.4, -0.2) is 51.5 Å². The second kappa shape index (κ2) is 5.84. The van der Waals surface area contributed by atoms with E-state index in [9.17, 15) is 0 Å². The van der Waals surface area contributed by atoms with Crippen molar-refractivity contribution in [3.05, 3.63) is 5.69 Å². The molecule has 0 aromatic carbocycles. The Morgan fingerprint density at radius 2 is 2.40 bits per heavy atom. The van der Waals surface area contributed by atoms with Crippen LogP contribution in [0.1, 0.15) is 18.5 Å². The Kier molecular flexibility index (Phi) is 3.93. The Hall–Kier alpha value is -1.54. The van der Waals surface area contributed by atoms with Gasteiger partial charge in [0.25, 0.3) is 0 Å². The summed E-state index contributed by atoms with van der Waals surface area (Å²) < 4.78 is 3.94. The van der Waals surface area contributed by atoms with E-state index in [4.69, 9.17) is 0 Å². The van der Waals surface area contributed by atoms with Gasteiger partial charge in [0.05, 0.1) is 5.69 Å². The molecule has 1 fully saturated rings. The van der Waals surface area contributed by atoms with Gasteiger partial charge in [0.1, 0.15) is 4.88 Å². The maximum Gasteiger partial charge on any atom is 0.245 e. The molecule has 3 heterocycles. The minimum absolute atomic E-state index is 0.669. The van der Waals surface area contributed by atoms with E-state index in [1.54, 1.807) is 0 Å². The van der Waals surface area contributed by atoms with Crippen molar-refractivity contribution in [3.63, 3.8) is 0 Å². The average molecular weight is 293 g/mol. The molecule has 1 atom stereocenters. The fraction of sp³-hybridized carbons (Fsp3) is 0.667. The van der Waals surface area contributed by atoms with E-state index in [1.165, 1.54) is 24.4 Å². The topological polar surface area (TPSA) is 82.6 Å². The molecule has 0 bridgehead atoms. The quantitative estimate of drug-likeness (QED) is 0.877. The lowest BCUT2D eigenvalue weighted by molar-refractivity contribution is 0.399. The average Bonchev–Trinajstić information content (AvgIpc) is 3.08. The summed E-state index contributed by atoms with van der Waals surface area (Å²) in [4.78, 5) is 7.83. The molecule has 3 rings (SSSR count). The predicted molar refractivity (Wildman–Crippen MR) is 78.9 cm³/mol. The molecule has 20 heavy (non-hydrogen) atoms. The van der Waals surface area contributed by atoms with E-state index in [-0.39, 0.29) is 0 Å². The zero-order valence-corrected chi connectivity index (χ0v) is 12.6. The van der Waals surface area contributed by atoms with Crippen molar-refractivity contribution in [3.8, 4) is 10.7 Å². The first-order valence-corrected chi connectivity index (χ1v) is 7.66. The van der Waals surface area contributed by atoms with Crippen LogP contribution < -0.4 is 10.2 Å². The molecular weight excluding hydrogens is 274 g/mol. The molecule has 0 aliphatic carbocycles. The molecule has 2 N–H and O–H groups in total. The molecule has 1 aliphatic heterocycles. The van der Waals surface area contributed by atoms with E-state index in [0.29, 0.717) is 5.92 Å². The Morgan fingerprint density at radius 1 is 1.50 bits per heavy atom. The van der Waals surface area contributed by atoms with Crippen LogP contribution in [0.3, 0.4) is 0 Å². The minimum Gasteiger partial charge on any atom is -0.339 e. The number of aromatic nitrogens is 5. The molecule has 2 aromatic rings. The number of aromatic amines is 1. The SMILES string of the molecule is CNCC1CCCN(c2n[nH]c(-c3snnc3C)n2)C1. The van der Waals surface area contributed by atoms with E-state index in [1.807, 2.05) is 14.0 Å². The number of aryl methyl sites for hydroxylation is 1. The molecule has 108 valence electrons. The highest BCUT2D eigenvalue weighted by atomic mass is 32.1. The Bertz CT molecular complexity index is 562. The standard InChI is InChI=1S/C12H19N7S/c1-8-10(20-18-15-8)11-14-12(17-16-11)19-5-3-4-9(7-19)6-13-2/h9,13H,3-7H2,1-2H3,(H,14,16,17). The van der Waals surface area contributed by atoms with Gasteiger partial charge in [-0.1, -0.05) is 4.49 Å². The molecule has 2 aromatic heterocycles. The number of nitrogens with zero attached hydrogens (tertiary/aromatic N) is 5. The number of anilines is 1. The maximum absolute atomic E-state index is 4.60. The zero-order chi connectivity index (χ0) is 13.9. The first kappa shape index (κ1) is 13.4. The number of hydrogen-bond acceptors (Lipinski definition) is 7. The van der Waals surface area contributed by atoms with Gasteiger partial charge < -0.3 is 10.2 Å². The van der Waals surface area contributed by atoms with Gasteiger partial charge in [0.2, 0.25) is 5.95 Å². The van der Waals surface area contributed by atoms with Crippen LogP contribution in [0.15, 0.2) is 0 Å². The highest BCUT2D eigenvalue weighted by molar-refractivity contribution is 7.09. The molecule has 7 nitrogen and oxygen atoms in total. The van der Waals surface area contributed by atoms with Crippen LogP contribution in [0.25, 0.3) is 10.7 Å². The number of nitrogens with one attached hydrogen (secondary N) is 2. The van der Waals surface area contributed by atoms with Crippen LogP contribution in [-0.2, 0) is 0 Å². The summed E-state index contributed by atoms with van der Waals surface area (Å²) in [6.45, 7) is 5.02. The third-order valence-electron chi connectivity index (χ3n) is 3.63. The molecule has 0 spiro atoms. The highest BCUT2D eigenvalue weighted by Crippen LogP contribution is 2.25. The molecule has 1 aliphatic rings. The fourth-order valence-electron chi connectivity index (χ4n) is 2.65. The molecule has 8 heteroatoms. The molecule has 0 amide bonds. The van der Waals surface area contributed by atoms with E-state index < -0.39 is 0 Å². The summed E-state index contributed by atoms with van der Waals surface area (Å²) in [5, 5.41) is 14.6. The fourth-order valence-corrected chi connectivity index (χ4v) is 3.24. The van der Waals surface area contributed by atoms with Crippen molar-refractivity contribution in [1.82, 2.24) is 30.1 Å². The summed E-state index contributed by atoms with van der Waals surface area (Å²) in [6.07, 6.45) is 2.46. The summed E-state index contributed by atoms with van der Waals surface area (Å²) in [7, 11) is 2.00. The highest BCUT2D eigenvalue weighted by Gasteiger charge is 2.23. The molecule has 1 saturated heterocycles. The first-order chi connectivity index (χ1) is 9.78. The van der Waals surface area contributed by atoms with Crippen LogP contribution in [0, 0.1) is 12.8 Å².